The second-order valence-corrected chi connectivity index (χ2v) is 9.48. The van der Waals surface area contributed by atoms with E-state index in [9.17, 15) is 8.42 Å². The Morgan fingerprint density at radius 2 is 1.90 bits per heavy atom. The summed E-state index contributed by atoms with van der Waals surface area (Å²) in [5.41, 5.74) is 3.41. The molecule has 1 aliphatic carbocycles. The molecule has 1 aliphatic rings. The first-order chi connectivity index (χ1) is 9.20. The fourth-order valence-electron chi connectivity index (χ4n) is 2.29. The lowest BCUT2D eigenvalue weighted by Crippen LogP contribution is -2.25. The van der Waals surface area contributed by atoms with Crippen LogP contribution in [0.15, 0.2) is 17.0 Å². The average Bonchev–Trinajstić information content (AvgIpc) is 3.10. The standard InChI is InChI=1S/C14H22BNO2S2/c1-10-8-14(19-15(2)3)13(16(4)20(5,17)18)9-12(10)11-6-7-11/h8-9,11H,6-7H2,1-5H3. The molecule has 110 valence electrons. The Bertz CT molecular complexity index is 610. The lowest BCUT2D eigenvalue weighted by atomic mass is 9.84. The molecule has 1 aromatic carbocycles. The van der Waals surface area contributed by atoms with Crippen molar-refractivity contribution in [2.24, 2.45) is 0 Å². The fraction of sp³-hybridized carbons (Fsp3) is 0.571. The largest absolute Gasteiger partial charge is 0.272 e. The summed E-state index contributed by atoms with van der Waals surface area (Å²) in [6.45, 7) is 6.38. The van der Waals surface area contributed by atoms with Gasteiger partial charge in [0.05, 0.1) is 11.9 Å². The lowest BCUT2D eigenvalue weighted by molar-refractivity contribution is 0.600. The normalized spacial score (nSPS) is 15.2. The van der Waals surface area contributed by atoms with Crippen molar-refractivity contribution < 1.29 is 8.42 Å². The van der Waals surface area contributed by atoms with E-state index in [-0.39, 0.29) is 0 Å². The smallest absolute Gasteiger partial charge is 0.232 e. The van der Waals surface area contributed by atoms with Crippen molar-refractivity contribution in [1.82, 2.24) is 0 Å². The molecule has 0 amide bonds. The van der Waals surface area contributed by atoms with E-state index in [4.69, 9.17) is 0 Å². The molecule has 6 heteroatoms. The van der Waals surface area contributed by atoms with Crippen LogP contribution in [0.25, 0.3) is 0 Å². The van der Waals surface area contributed by atoms with Gasteiger partial charge in [0, 0.05) is 11.9 Å². The highest BCUT2D eigenvalue weighted by Gasteiger charge is 2.28. The molecule has 0 atom stereocenters. The number of hydrogen-bond donors (Lipinski definition) is 0. The van der Waals surface area contributed by atoms with E-state index in [1.807, 2.05) is 0 Å². The molecule has 0 spiro atoms. The third kappa shape index (κ3) is 3.53. The van der Waals surface area contributed by atoms with E-state index < -0.39 is 10.0 Å². The molecule has 0 N–H and O–H groups in total. The van der Waals surface area contributed by atoms with Crippen LogP contribution in [-0.4, -0.2) is 27.7 Å². The molecule has 0 bridgehead atoms. The van der Waals surface area contributed by atoms with Gasteiger partial charge < -0.3 is 0 Å². The number of hydrogen-bond acceptors (Lipinski definition) is 3. The Kier molecular flexibility index (Phi) is 4.45. The Morgan fingerprint density at radius 3 is 2.35 bits per heavy atom. The van der Waals surface area contributed by atoms with Crippen molar-refractivity contribution in [2.45, 2.75) is 44.2 Å². The number of nitrogens with zero attached hydrogens (tertiary/aromatic N) is 1. The first-order valence-electron chi connectivity index (χ1n) is 6.95. The number of benzene rings is 1. The van der Waals surface area contributed by atoms with E-state index in [1.165, 1.54) is 34.5 Å². The monoisotopic (exact) mass is 311 g/mol. The van der Waals surface area contributed by atoms with Crippen LogP contribution in [0.1, 0.15) is 29.9 Å². The van der Waals surface area contributed by atoms with Crippen LogP contribution >= 0.6 is 11.6 Å². The van der Waals surface area contributed by atoms with Crippen LogP contribution in [0.5, 0.6) is 0 Å². The Labute approximate surface area is 127 Å². The molecule has 1 saturated carbocycles. The van der Waals surface area contributed by atoms with Gasteiger partial charge in [-0.15, -0.1) is 0 Å². The predicted molar refractivity (Wildman–Crippen MR) is 89.7 cm³/mol. The zero-order chi connectivity index (χ0) is 15.1. The highest BCUT2D eigenvalue weighted by Crippen LogP contribution is 2.45. The van der Waals surface area contributed by atoms with Gasteiger partial charge in [-0.25, -0.2) is 8.42 Å². The summed E-state index contributed by atoms with van der Waals surface area (Å²) >= 11 is 1.72. The minimum Gasteiger partial charge on any atom is -0.272 e. The Morgan fingerprint density at radius 1 is 1.30 bits per heavy atom. The summed E-state index contributed by atoms with van der Waals surface area (Å²) in [6, 6.07) is 4.23. The van der Waals surface area contributed by atoms with Crippen LogP contribution in [0, 0.1) is 6.92 Å². The third-order valence-electron chi connectivity index (χ3n) is 3.56. The quantitative estimate of drug-likeness (QED) is 0.780. The number of anilines is 1. The zero-order valence-corrected chi connectivity index (χ0v) is 14.4. The van der Waals surface area contributed by atoms with Gasteiger partial charge in [-0.1, -0.05) is 13.6 Å². The molecule has 0 unspecified atom stereocenters. The van der Waals surface area contributed by atoms with Crippen LogP contribution in [-0.2, 0) is 10.0 Å². The molecule has 0 heterocycles. The van der Waals surface area contributed by atoms with E-state index in [2.05, 4.69) is 32.7 Å². The summed E-state index contributed by atoms with van der Waals surface area (Å²) in [7, 11) is -1.59. The van der Waals surface area contributed by atoms with E-state index in [0.29, 0.717) is 11.9 Å². The van der Waals surface area contributed by atoms with Crippen molar-refractivity contribution in [2.75, 3.05) is 17.6 Å². The van der Waals surface area contributed by atoms with E-state index >= 15 is 0 Å². The second kappa shape index (κ2) is 5.64. The van der Waals surface area contributed by atoms with Crippen molar-refractivity contribution in [1.29, 1.82) is 0 Å². The summed E-state index contributed by atoms with van der Waals surface area (Å²) in [5.74, 6) is 1.05. The second-order valence-electron chi connectivity index (χ2n) is 5.85. The summed E-state index contributed by atoms with van der Waals surface area (Å²) in [6.07, 6.45) is 3.70. The minimum absolute atomic E-state index is 0.424. The molecule has 20 heavy (non-hydrogen) atoms. The summed E-state index contributed by atoms with van der Waals surface area (Å²) in [4.78, 5) is 1.05. The number of rotatable bonds is 5. The molecule has 1 aromatic rings. The Hall–Kier alpha value is -0.615. The minimum atomic E-state index is -3.23. The SMILES string of the molecule is CB(C)Sc1cc(C)c(C2CC2)cc1N(C)S(C)(=O)=O. The van der Waals surface area contributed by atoms with Crippen LogP contribution in [0.4, 0.5) is 5.69 Å². The van der Waals surface area contributed by atoms with Gasteiger partial charge in [-0.2, -0.15) is 11.6 Å². The van der Waals surface area contributed by atoms with Crippen LogP contribution < -0.4 is 4.31 Å². The van der Waals surface area contributed by atoms with Gasteiger partial charge in [0.15, 0.2) is 0 Å². The highest BCUT2D eigenvalue weighted by molar-refractivity contribution is 8.25. The van der Waals surface area contributed by atoms with E-state index in [0.717, 1.165) is 10.6 Å². The third-order valence-corrected chi connectivity index (χ3v) is 5.81. The molecule has 0 radical (unpaired) electrons. The molecular formula is C14H22BNO2S2. The molecule has 3 nitrogen and oxygen atoms in total. The molecule has 1 fully saturated rings. The fourth-order valence-corrected chi connectivity index (χ4v) is 3.93. The van der Waals surface area contributed by atoms with Gasteiger partial charge in [0.25, 0.3) is 0 Å². The van der Waals surface area contributed by atoms with Crippen molar-refractivity contribution in [3.8, 4) is 0 Å². The van der Waals surface area contributed by atoms with Crippen molar-refractivity contribution in [3.05, 3.63) is 23.3 Å². The molecule has 0 saturated heterocycles. The summed E-state index contributed by atoms with van der Waals surface area (Å²) < 4.78 is 25.1. The Balaban J connectivity index is 2.52. The first kappa shape index (κ1) is 15.8. The number of aryl methyl sites for hydroxylation is 1. The molecule has 0 aliphatic heterocycles. The van der Waals surface area contributed by atoms with Crippen molar-refractivity contribution >= 4 is 33.3 Å². The highest BCUT2D eigenvalue weighted by atomic mass is 32.2. The topological polar surface area (TPSA) is 37.4 Å². The van der Waals surface area contributed by atoms with E-state index in [1.54, 1.807) is 18.7 Å². The zero-order valence-electron chi connectivity index (χ0n) is 12.8. The molecule has 0 aromatic heterocycles. The summed E-state index contributed by atoms with van der Waals surface area (Å²) in [5, 5.41) is 0. The lowest BCUT2D eigenvalue weighted by Gasteiger charge is -2.23. The van der Waals surface area contributed by atoms with Gasteiger partial charge in [-0.3, -0.25) is 4.31 Å². The number of sulfonamides is 1. The first-order valence-corrected chi connectivity index (χ1v) is 9.68. The maximum atomic E-state index is 11.9. The van der Waals surface area contributed by atoms with Gasteiger partial charge in [0.2, 0.25) is 16.0 Å². The maximum absolute atomic E-state index is 11.9. The van der Waals surface area contributed by atoms with Gasteiger partial charge in [-0.05, 0) is 48.9 Å². The predicted octanol–water partition coefficient (Wildman–Crippen LogP) is 3.61. The molecule has 2 rings (SSSR count). The maximum Gasteiger partial charge on any atom is 0.232 e. The molecular weight excluding hydrogens is 289 g/mol. The van der Waals surface area contributed by atoms with Gasteiger partial charge in [0.1, 0.15) is 0 Å². The van der Waals surface area contributed by atoms with Crippen molar-refractivity contribution in [3.63, 3.8) is 0 Å². The van der Waals surface area contributed by atoms with Crippen LogP contribution in [0.3, 0.4) is 0 Å². The van der Waals surface area contributed by atoms with Gasteiger partial charge >= 0.3 is 0 Å². The van der Waals surface area contributed by atoms with Crippen LogP contribution in [0.2, 0.25) is 13.6 Å². The average molecular weight is 311 g/mol.